The molecule has 0 rings (SSSR count). The fourth-order valence-electron chi connectivity index (χ4n) is 1.17. The molecule has 100 valence electrons. The highest BCUT2D eigenvalue weighted by molar-refractivity contribution is 5.80. The number of nitrogens with one attached hydrogen (secondary N) is 2. The second-order valence-corrected chi connectivity index (χ2v) is 3.98. The van der Waals surface area contributed by atoms with Crippen LogP contribution in [0.1, 0.15) is 40.5 Å². The van der Waals surface area contributed by atoms with E-state index in [4.69, 9.17) is 4.74 Å². The minimum Gasteiger partial charge on any atom is -0.463 e. The molecule has 17 heavy (non-hydrogen) atoms. The number of rotatable bonds is 7. The zero-order valence-electron chi connectivity index (χ0n) is 11.4. The number of aliphatic imine (C=N–C) groups is 1. The summed E-state index contributed by atoms with van der Waals surface area (Å²) in [5, 5.41) is 6.22. The predicted octanol–water partition coefficient (Wildman–Crippen LogP) is 1.29. The first-order valence-electron chi connectivity index (χ1n) is 6.31. The molecule has 0 unspecified atom stereocenters. The molecular weight excluding hydrogens is 218 g/mol. The Balaban J connectivity index is 3.85. The molecule has 0 aromatic rings. The van der Waals surface area contributed by atoms with Gasteiger partial charge in [-0.1, -0.05) is 6.92 Å². The van der Waals surface area contributed by atoms with Gasteiger partial charge in [0.15, 0.2) is 5.96 Å². The lowest BCUT2D eigenvalue weighted by Crippen LogP contribution is -2.38. The molecule has 0 fully saturated rings. The first-order chi connectivity index (χ1) is 8.10. The Kier molecular flexibility index (Phi) is 9.19. The quantitative estimate of drug-likeness (QED) is 0.402. The summed E-state index contributed by atoms with van der Waals surface area (Å²) in [7, 11) is 0. The van der Waals surface area contributed by atoms with Crippen LogP contribution in [-0.2, 0) is 9.53 Å². The molecule has 0 radical (unpaired) electrons. The minimum absolute atomic E-state index is 0.0514. The Labute approximate surface area is 104 Å². The van der Waals surface area contributed by atoms with E-state index < -0.39 is 0 Å². The Morgan fingerprint density at radius 2 is 2.00 bits per heavy atom. The molecule has 5 nitrogen and oxygen atoms in total. The summed E-state index contributed by atoms with van der Waals surface area (Å²) in [4.78, 5) is 15.6. The van der Waals surface area contributed by atoms with Crippen molar-refractivity contribution < 1.29 is 9.53 Å². The van der Waals surface area contributed by atoms with Crippen LogP contribution in [0.15, 0.2) is 4.99 Å². The van der Waals surface area contributed by atoms with E-state index in [1.807, 2.05) is 20.8 Å². The molecule has 0 saturated carbocycles. The smallest absolute Gasteiger partial charge is 0.307 e. The van der Waals surface area contributed by atoms with Crippen LogP contribution in [0.25, 0.3) is 0 Å². The maximum absolute atomic E-state index is 11.3. The molecule has 0 aliphatic carbocycles. The zero-order valence-corrected chi connectivity index (χ0v) is 11.4. The summed E-state index contributed by atoms with van der Waals surface area (Å²) in [5.74, 6) is 0.575. The summed E-state index contributed by atoms with van der Waals surface area (Å²) in [6, 6.07) is 0. The molecule has 0 aliphatic rings. The predicted molar refractivity (Wildman–Crippen MR) is 70.1 cm³/mol. The Bertz CT molecular complexity index is 240. The van der Waals surface area contributed by atoms with Crippen LogP contribution in [-0.4, -0.2) is 37.7 Å². The fourth-order valence-corrected chi connectivity index (χ4v) is 1.17. The highest BCUT2D eigenvalue weighted by Gasteiger charge is 2.05. The number of nitrogens with zero attached hydrogens (tertiary/aromatic N) is 1. The minimum atomic E-state index is -0.182. The van der Waals surface area contributed by atoms with Crippen molar-refractivity contribution in [2.24, 2.45) is 4.99 Å². The highest BCUT2D eigenvalue weighted by atomic mass is 16.5. The first kappa shape index (κ1) is 15.7. The molecule has 5 heteroatoms. The van der Waals surface area contributed by atoms with Crippen molar-refractivity contribution in [3.05, 3.63) is 0 Å². The third kappa shape index (κ3) is 9.66. The maximum Gasteiger partial charge on any atom is 0.307 e. The molecule has 0 bridgehead atoms. The number of carbonyl (C=O) groups is 1. The lowest BCUT2D eigenvalue weighted by atomic mass is 10.4. The lowest BCUT2D eigenvalue weighted by Gasteiger charge is -2.11. The third-order valence-electron chi connectivity index (χ3n) is 1.83. The van der Waals surface area contributed by atoms with E-state index >= 15 is 0 Å². The molecular formula is C12H25N3O2. The van der Waals surface area contributed by atoms with Crippen molar-refractivity contribution in [1.29, 1.82) is 0 Å². The normalized spacial score (nSPS) is 11.5. The van der Waals surface area contributed by atoms with Crippen LogP contribution in [0.4, 0.5) is 0 Å². The van der Waals surface area contributed by atoms with Gasteiger partial charge in [-0.25, -0.2) is 0 Å². The number of ether oxygens (including phenoxy) is 1. The van der Waals surface area contributed by atoms with E-state index in [0.29, 0.717) is 13.0 Å². The van der Waals surface area contributed by atoms with Crippen LogP contribution in [0.3, 0.4) is 0 Å². The van der Waals surface area contributed by atoms with Crippen LogP contribution in [0.2, 0.25) is 0 Å². The molecule has 0 atom stereocenters. The van der Waals surface area contributed by atoms with Gasteiger partial charge in [0.05, 0.1) is 12.5 Å². The summed E-state index contributed by atoms with van der Waals surface area (Å²) in [6.45, 7) is 9.91. The maximum atomic E-state index is 11.3. The number of esters is 1. The van der Waals surface area contributed by atoms with E-state index in [2.05, 4.69) is 22.5 Å². The van der Waals surface area contributed by atoms with E-state index in [0.717, 1.165) is 25.5 Å². The van der Waals surface area contributed by atoms with Crippen molar-refractivity contribution >= 4 is 11.9 Å². The molecule has 0 saturated heterocycles. The van der Waals surface area contributed by atoms with Crippen molar-refractivity contribution in [2.45, 2.75) is 46.6 Å². The second kappa shape index (κ2) is 9.93. The Morgan fingerprint density at radius 1 is 1.29 bits per heavy atom. The number of hydrogen-bond donors (Lipinski definition) is 2. The summed E-state index contributed by atoms with van der Waals surface area (Å²) >= 11 is 0. The topological polar surface area (TPSA) is 62.7 Å². The van der Waals surface area contributed by atoms with Gasteiger partial charge >= 0.3 is 5.97 Å². The van der Waals surface area contributed by atoms with Gasteiger partial charge < -0.3 is 15.4 Å². The van der Waals surface area contributed by atoms with E-state index in [1.165, 1.54) is 0 Å². The fraction of sp³-hybridized carbons (Fsp3) is 0.833. The third-order valence-corrected chi connectivity index (χ3v) is 1.83. The first-order valence-corrected chi connectivity index (χ1v) is 6.31. The molecule has 0 aliphatic heterocycles. The van der Waals surface area contributed by atoms with Crippen molar-refractivity contribution in [3.8, 4) is 0 Å². The molecule has 0 aromatic heterocycles. The van der Waals surface area contributed by atoms with Crippen molar-refractivity contribution in [3.63, 3.8) is 0 Å². The number of guanidine groups is 1. The standard InChI is InChI=1S/C12H25N3O2/c1-5-8-14-12(13-6-2)15-9-7-11(16)17-10(3)4/h10H,5-9H2,1-4H3,(H2,13,14,15). The summed E-state index contributed by atoms with van der Waals surface area (Å²) < 4.78 is 5.03. The highest BCUT2D eigenvalue weighted by Crippen LogP contribution is 1.92. The Morgan fingerprint density at radius 3 is 2.53 bits per heavy atom. The van der Waals surface area contributed by atoms with Crippen molar-refractivity contribution in [1.82, 2.24) is 10.6 Å². The monoisotopic (exact) mass is 243 g/mol. The van der Waals surface area contributed by atoms with Gasteiger partial charge in [0.25, 0.3) is 0 Å². The molecule has 2 N–H and O–H groups in total. The SMILES string of the molecule is CCCN=C(NCC)NCCC(=O)OC(C)C. The van der Waals surface area contributed by atoms with Crippen molar-refractivity contribution in [2.75, 3.05) is 19.6 Å². The van der Waals surface area contributed by atoms with Crippen LogP contribution in [0, 0.1) is 0 Å². The molecule has 0 aromatic carbocycles. The second-order valence-electron chi connectivity index (χ2n) is 3.98. The van der Waals surface area contributed by atoms with Crippen LogP contribution < -0.4 is 10.6 Å². The summed E-state index contributed by atoms with van der Waals surface area (Å²) in [5.41, 5.74) is 0. The zero-order chi connectivity index (χ0) is 13.1. The lowest BCUT2D eigenvalue weighted by molar-refractivity contribution is -0.147. The molecule has 0 heterocycles. The van der Waals surface area contributed by atoms with Gasteiger partial charge in [-0.15, -0.1) is 0 Å². The van der Waals surface area contributed by atoms with Gasteiger partial charge in [-0.05, 0) is 27.2 Å². The van der Waals surface area contributed by atoms with Gasteiger partial charge in [-0.3, -0.25) is 9.79 Å². The van der Waals surface area contributed by atoms with Crippen LogP contribution >= 0.6 is 0 Å². The number of hydrogen-bond acceptors (Lipinski definition) is 3. The van der Waals surface area contributed by atoms with E-state index in [-0.39, 0.29) is 12.1 Å². The average Bonchev–Trinajstić information content (AvgIpc) is 2.24. The van der Waals surface area contributed by atoms with Gasteiger partial charge in [0, 0.05) is 19.6 Å². The van der Waals surface area contributed by atoms with Gasteiger partial charge in [-0.2, -0.15) is 0 Å². The summed E-state index contributed by atoms with van der Waals surface area (Å²) in [6.07, 6.45) is 1.31. The molecule has 0 spiro atoms. The van der Waals surface area contributed by atoms with E-state index in [1.54, 1.807) is 0 Å². The average molecular weight is 243 g/mol. The van der Waals surface area contributed by atoms with Gasteiger partial charge in [0.1, 0.15) is 0 Å². The van der Waals surface area contributed by atoms with Gasteiger partial charge in [0.2, 0.25) is 0 Å². The number of carbonyl (C=O) groups excluding carboxylic acids is 1. The largest absolute Gasteiger partial charge is 0.463 e. The van der Waals surface area contributed by atoms with E-state index in [9.17, 15) is 4.79 Å². The molecule has 0 amide bonds. The van der Waals surface area contributed by atoms with Crippen LogP contribution in [0.5, 0.6) is 0 Å². The Hall–Kier alpha value is -1.26.